The van der Waals surface area contributed by atoms with Crippen molar-refractivity contribution in [3.63, 3.8) is 0 Å². The van der Waals surface area contributed by atoms with Crippen LogP contribution in [-0.2, 0) is 16.1 Å². The Bertz CT molecular complexity index is 595. The molecule has 1 fully saturated rings. The molecule has 1 atom stereocenters. The molecule has 2 rings (SSSR count). The molecule has 6 nitrogen and oxygen atoms in total. The second kappa shape index (κ2) is 12.0. The van der Waals surface area contributed by atoms with Gasteiger partial charge in [-0.2, -0.15) is 0 Å². The van der Waals surface area contributed by atoms with E-state index in [1.807, 2.05) is 38.1 Å². The highest BCUT2D eigenvalue weighted by Crippen LogP contribution is 2.20. The van der Waals surface area contributed by atoms with Crippen molar-refractivity contribution in [3.05, 3.63) is 29.8 Å². The van der Waals surface area contributed by atoms with Crippen molar-refractivity contribution in [1.82, 2.24) is 10.2 Å². The van der Waals surface area contributed by atoms with E-state index in [1.165, 1.54) is 0 Å². The molecule has 0 spiro atoms. The molecule has 1 aromatic carbocycles. The number of nitrogens with zero attached hydrogens (tertiary/aromatic N) is 2. The first-order chi connectivity index (χ1) is 12.2. The Labute approximate surface area is 173 Å². The van der Waals surface area contributed by atoms with Crippen molar-refractivity contribution in [2.24, 2.45) is 10.9 Å². The maximum absolute atomic E-state index is 12.0. The van der Waals surface area contributed by atoms with Gasteiger partial charge in [-0.1, -0.05) is 18.2 Å². The molecule has 1 heterocycles. The maximum Gasteiger partial charge on any atom is 0.310 e. The predicted octanol–water partition coefficient (Wildman–Crippen LogP) is 3.05. The van der Waals surface area contributed by atoms with Crippen LogP contribution in [0.3, 0.4) is 0 Å². The smallest absolute Gasteiger partial charge is 0.310 e. The molecule has 7 heteroatoms. The van der Waals surface area contributed by atoms with Gasteiger partial charge in [-0.25, -0.2) is 0 Å². The predicted molar refractivity (Wildman–Crippen MR) is 114 cm³/mol. The quantitative estimate of drug-likeness (QED) is 0.297. The molecule has 1 aliphatic heterocycles. The van der Waals surface area contributed by atoms with Crippen LogP contribution in [-0.4, -0.2) is 50.2 Å². The standard InChI is InChI=1S/C19H29N3O3.HI/c1-4-24-17-11-7-6-9-15(17)13-21-19(20-3)22-12-8-10-16(14-22)18(23)25-5-2;/h6-7,9,11,16H,4-5,8,10,12-14H2,1-3H3,(H,20,21);1H. The van der Waals surface area contributed by atoms with Crippen LogP contribution in [0.25, 0.3) is 0 Å². The molecule has 0 aliphatic carbocycles. The summed E-state index contributed by atoms with van der Waals surface area (Å²) >= 11 is 0. The molecular weight excluding hydrogens is 445 g/mol. The summed E-state index contributed by atoms with van der Waals surface area (Å²) in [6, 6.07) is 7.99. The maximum atomic E-state index is 12.0. The van der Waals surface area contributed by atoms with Crippen molar-refractivity contribution in [1.29, 1.82) is 0 Å². The average Bonchev–Trinajstić information content (AvgIpc) is 2.64. The fourth-order valence-corrected chi connectivity index (χ4v) is 3.07. The molecule has 146 valence electrons. The second-order valence-corrected chi connectivity index (χ2v) is 5.98. The van der Waals surface area contributed by atoms with Gasteiger partial charge in [0.25, 0.3) is 0 Å². The lowest BCUT2D eigenvalue weighted by atomic mass is 9.98. The fraction of sp³-hybridized carbons (Fsp3) is 0.579. The number of nitrogens with one attached hydrogen (secondary N) is 1. The molecule has 26 heavy (non-hydrogen) atoms. The summed E-state index contributed by atoms with van der Waals surface area (Å²) in [6.45, 7) is 7.05. The number of ether oxygens (including phenoxy) is 2. The highest BCUT2D eigenvalue weighted by Gasteiger charge is 2.28. The van der Waals surface area contributed by atoms with E-state index in [1.54, 1.807) is 7.05 Å². The Hall–Kier alpha value is -1.51. The second-order valence-electron chi connectivity index (χ2n) is 5.98. The van der Waals surface area contributed by atoms with E-state index in [0.29, 0.717) is 26.3 Å². The van der Waals surface area contributed by atoms with Gasteiger partial charge in [0.15, 0.2) is 5.96 Å². The zero-order valence-electron chi connectivity index (χ0n) is 15.9. The Morgan fingerprint density at radius 3 is 2.77 bits per heavy atom. The number of halogens is 1. The number of guanidine groups is 1. The molecule has 0 bridgehead atoms. The van der Waals surface area contributed by atoms with E-state index in [-0.39, 0.29) is 35.9 Å². The molecule has 0 saturated carbocycles. The summed E-state index contributed by atoms with van der Waals surface area (Å²) in [5.74, 6) is 1.50. The zero-order valence-corrected chi connectivity index (χ0v) is 18.2. The van der Waals surface area contributed by atoms with Crippen LogP contribution in [0.15, 0.2) is 29.3 Å². The molecule has 0 amide bonds. The van der Waals surface area contributed by atoms with E-state index >= 15 is 0 Å². The van der Waals surface area contributed by atoms with Crippen LogP contribution in [0.2, 0.25) is 0 Å². The summed E-state index contributed by atoms with van der Waals surface area (Å²) in [5, 5.41) is 3.39. The number of benzene rings is 1. The number of hydrogen-bond donors (Lipinski definition) is 1. The summed E-state index contributed by atoms with van der Waals surface area (Å²) in [4.78, 5) is 18.5. The summed E-state index contributed by atoms with van der Waals surface area (Å²) in [7, 11) is 1.77. The van der Waals surface area contributed by atoms with E-state index in [4.69, 9.17) is 9.47 Å². The van der Waals surface area contributed by atoms with Gasteiger partial charge in [0.2, 0.25) is 0 Å². The van der Waals surface area contributed by atoms with E-state index in [2.05, 4.69) is 15.2 Å². The van der Waals surface area contributed by atoms with Crippen molar-refractivity contribution < 1.29 is 14.3 Å². The lowest BCUT2D eigenvalue weighted by Gasteiger charge is -2.34. The number of carbonyl (C=O) groups excluding carboxylic acids is 1. The highest BCUT2D eigenvalue weighted by molar-refractivity contribution is 14.0. The lowest BCUT2D eigenvalue weighted by Crippen LogP contribution is -2.48. The Morgan fingerprint density at radius 1 is 1.31 bits per heavy atom. The van der Waals surface area contributed by atoms with Crippen LogP contribution in [0.4, 0.5) is 0 Å². The minimum atomic E-state index is -0.107. The van der Waals surface area contributed by atoms with Gasteiger partial charge in [-0.05, 0) is 32.8 Å². The largest absolute Gasteiger partial charge is 0.494 e. The van der Waals surface area contributed by atoms with Crippen molar-refractivity contribution >= 4 is 35.9 Å². The molecule has 0 radical (unpaired) electrons. The first kappa shape index (κ1) is 22.5. The Balaban J connectivity index is 0.00000338. The number of carbonyl (C=O) groups is 1. The minimum absolute atomic E-state index is 0. The molecule has 1 saturated heterocycles. The van der Waals surface area contributed by atoms with Gasteiger partial charge in [-0.15, -0.1) is 24.0 Å². The Morgan fingerprint density at radius 2 is 2.08 bits per heavy atom. The van der Waals surface area contributed by atoms with Crippen LogP contribution in [0.5, 0.6) is 5.75 Å². The van der Waals surface area contributed by atoms with Crippen LogP contribution in [0.1, 0.15) is 32.3 Å². The molecule has 1 N–H and O–H groups in total. The Kier molecular flexibility index (Phi) is 10.4. The third-order valence-corrected chi connectivity index (χ3v) is 4.26. The van der Waals surface area contributed by atoms with E-state index < -0.39 is 0 Å². The van der Waals surface area contributed by atoms with Crippen LogP contribution < -0.4 is 10.1 Å². The fourth-order valence-electron chi connectivity index (χ4n) is 3.07. The molecule has 1 aromatic rings. The minimum Gasteiger partial charge on any atom is -0.494 e. The molecule has 0 aromatic heterocycles. The number of rotatable bonds is 6. The molecular formula is C19H30IN3O3. The van der Waals surface area contributed by atoms with E-state index in [9.17, 15) is 4.79 Å². The summed E-state index contributed by atoms with van der Waals surface area (Å²) in [6.07, 6.45) is 1.83. The topological polar surface area (TPSA) is 63.2 Å². The number of aliphatic imine (C=N–C) groups is 1. The van der Waals surface area contributed by atoms with Crippen LogP contribution >= 0.6 is 24.0 Å². The van der Waals surface area contributed by atoms with E-state index in [0.717, 1.165) is 36.7 Å². The van der Waals surface area contributed by atoms with Gasteiger partial charge >= 0.3 is 5.97 Å². The van der Waals surface area contributed by atoms with Crippen molar-refractivity contribution in [2.75, 3.05) is 33.4 Å². The third kappa shape index (κ3) is 6.34. The average molecular weight is 475 g/mol. The van der Waals surface area contributed by atoms with Gasteiger partial charge in [0.05, 0.1) is 19.1 Å². The van der Waals surface area contributed by atoms with Gasteiger partial charge in [0, 0.05) is 32.2 Å². The van der Waals surface area contributed by atoms with Crippen LogP contribution in [0, 0.1) is 5.92 Å². The number of likely N-dealkylation sites (tertiary alicyclic amines) is 1. The summed E-state index contributed by atoms with van der Waals surface area (Å²) < 4.78 is 10.8. The normalized spacial score (nSPS) is 17.3. The SMILES string of the molecule is CCOC(=O)C1CCCN(C(=NC)NCc2ccccc2OCC)C1.I. The zero-order chi connectivity index (χ0) is 18.1. The number of hydrogen-bond acceptors (Lipinski definition) is 4. The first-order valence-corrected chi connectivity index (χ1v) is 9.02. The van der Waals surface area contributed by atoms with Gasteiger partial charge in [0.1, 0.15) is 5.75 Å². The molecule has 1 aliphatic rings. The summed E-state index contributed by atoms with van der Waals surface area (Å²) in [5.41, 5.74) is 1.09. The monoisotopic (exact) mass is 475 g/mol. The van der Waals surface area contributed by atoms with Crippen molar-refractivity contribution in [3.8, 4) is 5.75 Å². The number of para-hydroxylation sites is 1. The molecule has 1 unspecified atom stereocenters. The first-order valence-electron chi connectivity index (χ1n) is 9.02. The van der Waals surface area contributed by atoms with Gasteiger partial charge in [-0.3, -0.25) is 9.79 Å². The number of esters is 1. The highest BCUT2D eigenvalue weighted by atomic mass is 127. The third-order valence-electron chi connectivity index (χ3n) is 4.26. The van der Waals surface area contributed by atoms with Gasteiger partial charge < -0.3 is 19.7 Å². The lowest BCUT2D eigenvalue weighted by molar-refractivity contribution is -0.149. The van der Waals surface area contributed by atoms with Crippen molar-refractivity contribution in [2.45, 2.75) is 33.2 Å². The number of piperidine rings is 1.